The molecule has 6 heteroatoms. The Kier molecular flexibility index (Phi) is 6.52. The third-order valence-corrected chi connectivity index (χ3v) is 4.08. The molecule has 24 heavy (non-hydrogen) atoms. The van der Waals surface area contributed by atoms with Crippen LogP contribution in [-0.2, 0) is 16.4 Å². The Labute approximate surface area is 143 Å². The molecule has 2 rings (SSSR count). The molecule has 2 N–H and O–H groups in total. The van der Waals surface area contributed by atoms with Gasteiger partial charge in [-0.2, -0.15) is 0 Å². The van der Waals surface area contributed by atoms with Gasteiger partial charge in [-0.05, 0) is 42.8 Å². The summed E-state index contributed by atoms with van der Waals surface area (Å²) < 4.78 is 24.6. The van der Waals surface area contributed by atoms with Gasteiger partial charge in [0.25, 0.3) is 0 Å². The van der Waals surface area contributed by atoms with Crippen molar-refractivity contribution in [1.82, 2.24) is 5.32 Å². The second-order valence-corrected chi connectivity index (χ2v) is 7.36. The summed E-state index contributed by atoms with van der Waals surface area (Å²) in [5, 5.41) is 3.26. The van der Waals surface area contributed by atoms with Crippen LogP contribution in [0, 0.1) is 0 Å². The van der Waals surface area contributed by atoms with Gasteiger partial charge in [-0.15, -0.1) is 0 Å². The molecular weight excluding hydrogens is 324 g/mol. The van der Waals surface area contributed by atoms with Crippen LogP contribution in [0.2, 0.25) is 0 Å². The van der Waals surface area contributed by atoms with E-state index in [9.17, 15) is 13.2 Å². The maximum absolute atomic E-state index is 12.1. The van der Waals surface area contributed by atoms with Gasteiger partial charge in [-0.3, -0.25) is 9.52 Å². The lowest BCUT2D eigenvalue weighted by Gasteiger charge is -2.06. The molecule has 0 fully saturated rings. The number of benzene rings is 2. The summed E-state index contributed by atoms with van der Waals surface area (Å²) in [6.07, 6.45) is 2.43. The smallest absolute Gasteiger partial charge is 0.229 e. The highest BCUT2D eigenvalue weighted by Gasteiger charge is 2.07. The zero-order chi connectivity index (χ0) is 17.4. The Morgan fingerprint density at radius 1 is 0.958 bits per heavy atom. The minimum absolute atomic E-state index is 0.0353. The zero-order valence-electron chi connectivity index (χ0n) is 13.7. The number of Topliss-reactive ketones (excluding diaryl/α,β-unsaturated/α-hetero) is 1. The van der Waals surface area contributed by atoms with E-state index in [1.807, 2.05) is 18.2 Å². The topological polar surface area (TPSA) is 75.3 Å². The van der Waals surface area contributed by atoms with Crippen molar-refractivity contribution in [3.63, 3.8) is 0 Å². The number of ketones is 1. The highest BCUT2D eigenvalue weighted by molar-refractivity contribution is 7.92. The number of carbonyl (C=O) groups is 1. The maximum atomic E-state index is 12.1. The zero-order valence-corrected chi connectivity index (χ0v) is 14.5. The second-order valence-electron chi connectivity index (χ2n) is 5.61. The first kappa shape index (κ1) is 18.2. The highest BCUT2D eigenvalue weighted by Crippen LogP contribution is 2.12. The van der Waals surface area contributed by atoms with E-state index in [0.717, 1.165) is 19.2 Å². The van der Waals surface area contributed by atoms with Gasteiger partial charge in [0.15, 0.2) is 5.78 Å². The molecule has 0 saturated carbocycles. The molecule has 128 valence electrons. The van der Waals surface area contributed by atoms with E-state index in [0.29, 0.717) is 24.2 Å². The third-order valence-electron chi connectivity index (χ3n) is 3.47. The molecule has 0 bridgehead atoms. The van der Waals surface area contributed by atoms with E-state index in [1.54, 1.807) is 24.3 Å². The van der Waals surface area contributed by atoms with Crippen LogP contribution in [0.15, 0.2) is 54.6 Å². The van der Waals surface area contributed by atoms with Crippen LogP contribution < -0.4 is 10.0 Å². The van der Waals surface area contributed by atoms with E-state index < -0.39 is 10.0 Å². The first-order valence-corrected chi connectivity index (χ1v) is 9.69. The molecule has 0 aliphatic rings. The Morgan fingerprint density at radius 3 is 2.25 bits per heavy atom. The molecule has 0 radical (unpaired) electrons. The van der Waals surface area contributed by atoms with Crippen molar-refractivity contribution >= 4 is 21.5 Å². The molecule has 0 unspecified atom stereocenters. The fourth-order valence-corrected chi connectivity index (χ4v) is 2.85. The van der Waals surface area contributed by atoms with Crippen molar-refractivity contribution in [3.05, 3.63) is 65.7 Å². The van der Waals surface area contributed by atoms with Crippen LogP contribution >= 0.6 is 0 Å². The van der Waals surface area contributed by atoms with Gasteiger partial charge in [0.2, 0.25) is 10.0 Å². The number of carbonyl (C=O) groups excluding carboxylic acids is 1. The average Bonchev–Trinajstić information content (AvgIpc) is 2.54. The number of nitrogens with one attached hydrogen (secondary N) is 2. The Morgan fingerprint density at radius 2 is 1.62 bits per heavy atom. The van der Waals surface area contributed by atoms with Gasteiger partial charge in [0, 0.05) is 24.2 Å². The van der Waals surface area contributed by atoms with Gasteiger partial charge in [-0.1, -0.05) is 30.3 Å². The van der Waals surface area contributed by atoms with Gasteiger partial charge < -0.3 is 5.32 Å². The van der Waals surface area contributed by atoms with Gasteiger partial charge in [0.05, 0.1) is 6.26 Å². The van der Waals surface area contributed by atoms with Crippen LogP contribution in [0.3, 0.4) is 0 Å². The number of hydrogen-bond donors (Lipinski definition) is 2. The Balaban J connectivity index is 1.72. The van der Waals surface area contributed by atoms with E-state index in [-0.39, 0.29) is 5.78 Å². The summed E-state index contributed by atoms with van der Waals surface area (Å²) in [4.78, 5) is 12.1. The van der Waals surface area contributed by atoms with Crippen molar-refractivity contribution < 1.29 is 13.2 Å². The molecule has 2 aromatic carbocycles. The number of sulfonamides is 1. The minimum Gasteiger partial charge on any atom is -0.316 e. The quantitative estimate of drug-likeness (QED) is 0.540. The molecular formula is C18H22N2O3S. The van der Waals surface area contributed by atoms with Crippen molar-refractivity contribution in [1.29, 1.82) is 0 Å². The number of anilines is 1. The van der Waals surface area contributed by atoms with Crippen LogP contribution in [-0.4, -0.2) is 33.5 Å². The fraction of sp³-hybridized carbons (Fsp3) is 0.278. The van der Waals surface area contributed by atoms with E-state index in [2.05, 4.69) is 22.2 Å². The largest absolute Gasteiger partial charge is 0.316 e. The summed E-state index contributed by atoms with van der Waals surface area (Å²) >= 11 is 0. The average molecular weight is 346 g/mol. The van der Waals surface area contributed by atoms with Crippen molar-refractivity contribution in [2.45, 2.75) is 12.8 Å². The van der Waals surface area contributed by atoms with E-state index in [1.165, 1.54) is 5.56 Å². The molecule has 0 spiro atoms. The van der Waals surface area contributed by atoms with Crippen molar-refractivity contribution in [2.75, 3.05) is 24.1 Å². The van der Waals surface area contributed by atoms with Crippen LogP contribution in [0.4, 0.5) is 5.69 Å². The maximum Gasteiger partial charge on any atom is 0.229 e. The van der Waals surface area contributed by atoms with Crippen molar-refractivity contribution in [3.8, 4) is 0 Å². The normalized spacial score (nSPS) is 11.2. The Bertz CT molecular complexity index is 757. The van der Waals surface area contributed by atoms with Crippen LogP contribution in [0.5, 0.6) is 0 Å². The van der Waals surface area contributed by atoms with Gasteiger partial charge in [0.1, 0.15) is 0 Å². The lowest BCUT2D eigenvalue weighted by atomic mass is 10.1. The van der Waals surface area contributed by atoms with E-state index in [4.69, 9.17) is 0 Å². The van der Waals surface area contributed by atoms with E-state index >= 15 is 0 Å². The molecule has 0 aromatic heterocycles. The predicted octanol–water partition coefficient (Wildman–Crippen LogP) is 2.46. The first-order chi connectivity index (χ1) is 11.4. The van der Waals surface area contributed by atoms with Gasteiger partial charge >= 0.3 is 0 Å². The van der Waals surface area contributed by atoms with Crippen LogP contribution in [0.1, 0.15) is 22.3 Å². The summed E-state index contributed by atoms with van der Waals surface area (Å²) in [6, 6.07) is 16.7. The Hall–Kier alpha value is -2.18. The van der Waals surface area contributed by atoms with Crippen molar-refractivity contribution in [2.24, 2.45) is 0 Å². The highest BCUT2D eigenvalue weighted by atomic mass is 32.2. The fourth-order valence-electron chi connectivity index (χ4n) is 2.29. The first-order valence-electron chi connectivity index (χ1n) is 7.80. The molecule has 0 aliphatic heterocycles. The molecule has 0 aliphatic carbocycles. The predicted molar refractivity (Wildman–Crippen MR) is 96.9 cm³/mol. The third kappa shape index (κ3) is 6.52. The summed E-state index contributed by atoms with van der Waals surface area (Å²) in [6.45, 7) is 1.45. The molecule has 0 atom stereocenters. The summed E-state index contributed by atoms with van der Waals surface area (Å²) in [7, 11) is -3.30. The molecule has 0 amide bonds. The SMILES string of the molecule is CS(=O)(=O)Nc1ccc(C(=O)CCNCCc2ccccc2)cc1. The minimum atomic E-state index is -3.30. The number of rotatable bonds is 9. The monoisotopic (exact) mass is 346 g/mol. The second kappa shape index (κ2) is 8.61. The lowest BCUT2D eigenvalue weighted by Crippen LogP contribution is -2.21. The molecule has 2 aromatic rings. The summed E-state index contributed by atoms with van der Waals surface area (Å²) in [5.41, 5.74) is 2.30. The molecule has 0 heterocycles. The number of hydrogen-bond acceptors (Lipinski definition) is 4. The van der Waals surface area contributed by atoms with Gasteiger partial charge in [-0.25, -0.2) is 8.42 Å². The van der Waals surface area contributed by atoms with Crippen LogP contribution in [0.25, 0.3) is 0 Å². The molecule has 0 saturated heterocycles. The standard InChI is InChI=1S/C18H22N2O3S/c1-24(22,23)20-17-9-7-16(8-10-17)18(21)12-14-19-13-11-15-5-3-2-4-6-15/h2-10,19-20H,11-14H2,1H3. The molecule has 5 nitrogen and oxygen atoms in total. The lowest BCUT2D eigenvalue weighted by molar-refractivity contribution is 0.0982. The summed E-state index contributed by atoms with van der Waals surface area (Å²) in [5.74, 6) is 0.0353.